The molecule has 28 heavy (non-hydrogen) atoms. The predicted molar refractivity (Wildman–Crippen MR) is 108 cm³/mol. The van der Waals surface area contributed by atoms with E-state index in [2.05, 4.69) is 4.72 Å². The summed E-state index contributed by atoms with van der Waals surface area (Å²) in [6.45, 7) is 5.17. The van der Waals surface area contributed by atoms with Gasteiger partial charge in [0, 0.05) is 12.6 Å². The first-order valence-electron chi connectivity index (χ1n) is 8.94. The number of benzene rings is 2. The van der Waals surface area contributed by atoms with Crippen LogP contribution in [-0.4, -0.2) is 26.2 Å². The highest BCUT2D eigenvalue weighted by Gasteiger charge is 2.21. The van der Waals surface area contributed by atoms with E-state index in [9.17, 15) is 13.2 Å². The molecule has 2 aromatic carbocycles. The minimum atomic E-state index is -3.76. The Morgan fingerprint density at radius 3 is 2.64 bits per heavy atom. The van der Waals surface area contributed by atoms with Crippen LogP contribution in [0.15, 0.2) is 46.1 Å². The smallest absolute Gasteiger partial charge is 0.308 e. The van der Waals surface area contributed by atoms with Crippen LogP contribution in [0.1, 0.15) is 25.5 Å². The summed E-state index contributed by atoms with van der Waals surface area (Å²) in [5.41, 5.74) is 1.52. The van der Waals surface area contributed by atoms with Crippen LogP contribution in [0.5, 0.6) is 11.5 Å². The van der Waals surface area contributed by atoms with E-state index in [0.717, 1.165) is 22.4 Å². The molecule has 1 atom stereocenters. The van der Waals surface area contributed by atoms with E-state index < -0.39 is 16.1 Å². The van der Waals surface area contributed by atoms with Gasteiger partial charge in [0.2, 0.25) is 10.0 Å². The molecule has 3 aromatic rings. The molecule has 7 nitrogen and oxygen atoms in total. The van der Waals surface area contributed by atoms with Crippen molar-refractivity contribution in [1.82, 2.24) is 9.29 Å². The highest BCUT2D eigenvalue weighted by molar-refractivity contribution is 7.89. The molecule has 0 unspecified atom stereocenters. The Kier molecular flexibility index (Phi) is 4.90. The molecule has 0 saturated carbocycles. The molecular formula is C19H20N2O5S2. The summed E-state index contributed by atoms with van der Waals surface area (Å²) >= 11 is 1.05. The molecule has 0 saturated heterocycles. The summed E-state index contributed by atoms with van der Waals surface area (Å²) in [5, 5.41) is 0. The van der Waals surface area contributed by atoms with E-state index in [1.54, 1.807) is 35.8 Å². The van der Waals surface area contributed by atoms with Gasteiger partial charge in [0.1, 0.15) is 13.2 Å². The zero-order chi connectivity index (χ0) is 19.9. The molecule has 1 aromatic heterocycles. The fourth-order valence-corrected chi connectivity index (χ4v) is 5.54. The van der Waals surface area contributed by atoms with Gasteiger partial charge in [-0.3, -0.25) is 9.36 Å². The molecule has 4 rings (SSSR count). The maximum atomic E-state index is 12.9. The fraction of sp³-hybridized carbons (Fsp3) is 0.316. The Hall–Kier alpha value is -2.36. The average Bonchev–Trinajstić information content (AvgIpc) is 3.01. The number of ether oxygens (including phenoxy) is 2. The fourth-order valence-electron chi connectivity index (χ4n) is 3.21. The molecule has 0 spiro atoms. The number of hydrogen-bond donors (Lipinski definition) is 1. The molecule has 0 radical (unpaired) electrons. The van der Waals surface area contributed by atoms with Crippen molar-refractivity contribution in [2.75, 3.05) is 13.2 Å². The number of aromatic nitrogens is 1. The standard InChI is InChI=1S/C19H20N2O5S2/c1-3-21-15-6-5-14(11-18(15)27-19(21)22)28(23,24)20-12(2)13-4-7-16-17(10-13)26-9-8-25-16/h4-7,10-12,20H,3,8-9H2,1-2H3/t12-/m1/s1. The van der Waals surface area contributed by atoms with Gasteiger partial charge in [-0.1, -0.05) is 17.4 Å². The third kappa shape index (κ3) is 3.41. The molecular weight excluding hydrogens is 400 g/mol. The Balaban J connectivity index is 1.61. The van der Waals surface area contributed by atoms with Crippen molar-refractivity contribution in [2.24, 2.45) is 0 Å². The Morgan fingerprint density at radius 1 is 1.14 bits per heavy atom. The van der Waals surface area contributed by atoms with Gasteiger partial charge in [0.15, 0.2) is 11.5 Å². The van der Waals surface area contributed by atoms with Crippen LogP contribution in [0.3, 0.4) is 0 Å². The average molecular weight is 421 g/mol. The Bertz CT molecular complexity index is 1200. The Labute approximate surface area is 166 Å². The highest BCUT2D eigenvalue weighted by atomic mass is 32.2. The molecule has 1 aliphatic rings. The number of hydrogen-bond acceptors (Lipinski definition) is 6. The van der Waals surface area contributed by atoms with Crippen molar-refractivity contribution >= 4 is 31.6 Å². The van der Waals surface area contributed by atoms with Crippen molar-refractivity contribution in [2.45, 2.75) is 31.3 Å². The minimum absolute atomic E-state index is 0.0929. The molecule has 9 heteroatoms. The monoisotopic (exact) mass is 420 g/mol. The van der Waals surface area contributed by atoms with Crippen LogP contribution >= 0.6 is 11.3 Å². The lowest BCUT2D eigenvalue weighted by molar-refractivity contribution is 0.171. The molecule has 0 fully saturated rings. The topological polar surface area (TPSA) is 86.6 Å². The second kappa shape index (κ2) is 7.23. The summed E-state index contributed by atoms with van der Waals surface area (Å²) in [6.07, 6.45) is 0. The van der Waals surface area contributed by atoms with Gasteiger partial charge < -0.3 is 9.47 Å². The van der Waals surface area contributed by atoms with Crippen LogP contribution in [-0.2, 0) is 16.6 Å². The summed E-state index contributed by atoms with van der Waals surface area (Å²) in [7, 11) is -3.76. The summed E-state index contributed by atoms with van der Waals surface area (Å²) in [6, 6.07) is 9.68. The third-order valence-electron chi connectivity index (χ3n) is 4.66. The van der Waals surface area contributed by atoms with E-state index in [-0.39, 0.29) is 9.77 Å². The number of sulfonamides is 1. The zero-order valence-electron chi connectivity index (χ0n) is 15.5. The van der Waals surface area contributed by atoms with E-state index >= 15 is 0 Å². The second-order valence-corrected chi connectivity index (χ2v) is 9.20. The van der Waals surface area contributed by atoms with Gasteiger partial charge in [0.05, 0.1) is 15.1 Å². The number of nitrogens with zero attached hydrogens (tertiary/aromatic N) is 1. The maximum Gasteiger partial charge on any atom is 0.308 e. The van der Waals surface area contributed by atoms with Gasteiger partial charge >= 0.3 is 4.87 Å². The number of rotatable bonds is 5. The SMILES string of the molecule is CCn1c(=O)sc2cc(S(=O)(=O)N[C@H](C)c3ccc4c(c3)OCCO4)ccc21. The maximum absolute atomic E-state index is 12.9. The molecule has 148 valence electrons. The lowest BCUT2D eigenvalue weighted by atomic mass is 10.1. The van der Waals surface area contributed by atoms with Crippen LogP contribution < -0.4 is 19.1 Å². The number of thiazole rings is 1. The molecule has 1 N–H and O–H groups in total. The van der Waals surface area contributed by atoms with Crippen LogP contribution in [0.4, 0.5) is 0 Å². The quantitative estimate of drug-likeness (QED) is 0.686. The summed E-state index contributed by atoms with van der Waals surface area (Å²) < 4.78 is 41.8. The van der Waals surface area contributed by atoms with Crippen molar-refractivity contribution in [3.8, 4) is 11.5 Å². The molecule has 0 bridgehead atoms. The Morgan fingerprint density at radius 2 is 1.89 bits per heavy atom. The number of nitrogens with one attached hydrogen (secondary N) is 1. The molecule has 1 aliphatic heterocycles. The lowest BCUT2D eigenvalue weighted by Gasteiger charge is -2.21. The number of aryl methyl sites for hydroxylation is 1. The van der Waals surface area contributed by atoms with Gasteiger partial charge in [0.25, 0.3) is 0 Å². The van der Waals surface area contributed by atoms with Crippen LogP contribution in [0.25, 0.3) is 10.2 Å². The van der Waals surface area contributed by atoms with Gasteiger partial charge in [-0.2, -0.15) is 0 Å². The molecule has 2 heterocycles. The van der Waals surface area contributed by atoms with Crippen molar-refractivity contribution < 1.29 is 17.9 Å². The van der Waals surface area contributed by atoms with Crippen LogP contribution in [0, 0.1) is 0 Å². The minimum Gasteiger partial charge on any atom is -0.486 e. The normalized spacial score (nSPS) is 14.9. The second-order valence-electron chi connectivity index (χ2n) is 6.49. The lowest BCUT2D eigenvalue weighted by Crippen LogP contribution is -2.27. The zero-order valence-corrected chi connectivity index (χ0v) is 17.1. The number of fused-ring (bicyclic) bond motifs is 2. The van der Waals surface area contributed by atoms with Crippen molar-refractivity contribution in [3.05, 3.63) is 51.6 Å². The van der Waals surface area contributed by atoms with Crippen molar-refractivity contribution in [1.29, 1.82) is 0 Å². The van der Waals surface area contributed by atoms with Crippen molar-refractivity contribution in [3.63, 3.8) is 0 Å². The van der Waals surface area contributed by atoms with Gasteiger partial charge in [-0.15, -0.1) is 0 Å². The van der Waals surface area contributed by atoms with Gasteiger partial charge in [-0.05, 0) is 49.7 Å². The molecule has 0 amide bonds. The first-order valence-corrected chi connectivity index (χ1v) is 11.2. The summed E-state index contributed by atoms with van der Waals surface area (Å²) in [4.78, 5) is 12.0. The third-order valence-corrected chi connectivity index (χ3v) is 7.14. The van der Waals surface area contributed by atoms with E-state index in [1.165, 1.54) is 6.07 Å². The summed E-state index contributed by atoms with van der Waals surface area (Å²) in [5.74, 6) is 1.27. The van der Waals surface area contributed by atoms with E-state index in [1.807, 2.05) is 13.0 Å². The first kappa shape index (κ1) is 19.0. The van der Waals surface area contributed by atoms with Crippen LogP contribution in [0.2, 0.25) is 0 Å². The largest absolute Gasteiger partial charge is 0.486 e. The molecule has 0 aliphatic carbocycles. The first-order chi connectivity index (χ1) is 13.4. The van der Waals surface area contributed by atoms with E-state index in [0.29, 0.717) is 36.0 Å². The van der Waals surface area contributed by atoms with E-state index in [4.69, 9.17) is 9.47 Å². The van der Waals surface area contributed by atoms with Gasteiger partial charge in [-0.25, -0.2) is 13.1 Å². The predicted octanol–water partition coefficient (Wildman–Crippen LogP) is 2.89. The highest BCUT2D eigenvalue weighted by Crippen LogP contribution is 2.33.